The molecule has 1 fully saturated rings. The molecule has 1 saturated heterocycles. The van der Waals surface area contributed by atoms with E-state index in [0.717, 1.165) is 47.4 Å². The van der Waals surface area contributed by atoms with Gasteiger partial charge >= 0.3 is 0 Å². The van der Waals surface area contributed by atoms with Gasteiger partial charge in [-0.3, -0.25) is 4.79 Å². The Morgan fingerprint density at radius 3 is 2.40 bits per heavy atom. The summed E-state index contributed by atoms with van der Waals surface area (Å²) in [6, 6.07) is 11.0. The molecule has 160 valence electrons. The number of carbonyl (C=O) groups is 1. The van der Waals surface area contributed by atoms with Crippen molar-refractivity contribution in [2.45, 2.75) is 44.4 Å². The van der Waals surface area contributed by atoms with Gasteiger partial charge in [-0.1, -0.05) is 24.6 Å². The molecule has 2 heterocycles. The summed E-state index contributed by atoms with van der Waals surface area (Å²) in [5, 5.41) is 0. The van der Waals surface area contributed by atoms with Crippen LogP contribution in [0.25, 0.3) is 0 Å². The van der Waals surface area contributed by atoms with Crippen LogP contribution in [0.15, 0.2) is 41.3 Å². The van der Waals surface area contributed by atoms with Crippen LogP contribution in [0.2, 0.25) is 0 Å². The van der Waals surface area contributed by atoms with Crippen LogP contribution in [0.4, 0.5) is 5.69 Å². The van der Waals surface area contributed by atoms with Crippen LogP contribution < -0.4 is 9.64 Å². The van der Waals surface area contributed by atoms with Crippen LogP contribution in [0.3, 0.4) is 0 Å². The highest BCUT2D eigenvalue weighted by Crippen LogP contribution is 2.32. The second-order valence-electron chi connectivity index (χ2n) is 8.06. The first-order valence-corrected chi connectivity index (χ1v) is 11.9. The molecule has 2 aromatic carbocycles. The Kier molecular flexibility index (Phi) is 5.84. The Labute approximate surface area is 178 Å². The number of amides is 1. The quantitative estimate of drug-likeness (QED) is 0.732. The summed E-state index contributed by atoms with van der Waals surface area (Å²) < 4.78 is 33.3. The Morgan fingerprint density at radius 1 is 1.00 bits per heavy atom. The van der Waals surface area contributed by atoms with Crippen molar-refractivity contribution in [1.29, 1.82) is 0 Å². The molecule has 7 heteroatoms. The van der Waals surface area contributed by atoms with Gasteiger partial charge in [-0.2, -0.15) is 4.31 Å². The Morgan fingerprint density at radius 2 is 1.70 bits per heavy atom. The van der Waals surface area contributed by atoms with E-state index in [1.54, 1.807) is 27.4 Å². The van der Waals surface area contributed by atoms with Gasteiger partial charge in [0.25, 0.3) is 5.91 Å². The van der Waals surface area contributed by atoms with Gasteiger partial charge in [-0.15, -0.1) is 0 Å². The first-order chi connectivity index (χ1) is 14.4. The van der Waals surface area contributed by atoms with Gasteiger partial charge in [0.2, 0.25) is 10.0 Å². The molecule has 2 aromatic rings. The van der Waals surface area contributed by atoms with Crippen LogP contribution in [0.5, 0.6) is 5.75 Å². The van der Waals surface area contributed by atoms with Crippen molar-refractivity contribution in [2.24, 2.45) is 0 Å². The number of para-hydroxylation sites is 1. The van der Waals surface area contributed by atoms with Crippen molar-refractivity contribution in [3.8, 4) is 5.75 Å². The normalized spacial score (nSPS) is 17.1. The van der Waals surface area contributed by atoms with Crippen molar-refractivity contribution >= 4 is 21.6 Å². The molecule has 4 rings (SSSR count). The number of hydrogen-bond acceptors (Lipinski definition) is 4. The second kappa shape index (κ2) is 8.40. The zero-order valence-electron chi connectivity index (χ0n) is 17.6. The number of carbonyl (C=O) groups excluding carboxylic acids is 1. The lowest BCUT2D eigenvalue weighted by molar-refractivity contribution is -0.120. The zero-order chi connectivity index (χ0) is 21.3. The van der Waals surface area contributed by atoms with Crippen molar-refractivity contribution in [3.05, 3.63) is 53.1 Å². The number of rotatable bonds is 5. The summed E-state index contributed by atoms with van der Waals surface area (Å²) in [7, 11) is -3.47. The maximum Gasteiger partial charge on any atom is 0.264 e. The minimum Gasteiger partial charge on any atom is -0.483 e. The molecular formula is C23H28N2O4S. The molecule has 1 amide bonds. The molecule has 0 radical (unpaired) electrons. The standard InChI is InChI=1S/C23H28N2O4S/c1-17-7-6-8-18(2)23(17)29-16-22(26)25-14-11-19-15-20(9-10-21(19)25)30(27,28)24-12-4-3-5-13-24/h6-10,15H,3-5,11-14,16H2,1-2H3. The summed E-state index contributed by atoms with van der Waals surface area (Å²) in [5.74, 6) is 0.622. The lowest BCUT2D eigenvalue weighted by atomic mass is 10.1. The van der Waals surface area contributed by atoms with Gasteiger partial charge in [-0.25, -0.2) is 8.42 Å². The topological polar surface area (TPSA) is 66.9 Å². The predicted octanol–water partition coefficient (Wildman–Crippen LogP) is 3.45. The third-order valence-corrected chi connectivity index (χ3v) is 7.84. The lowest BCUT2D eigenvalue weighted by Crippen LogP contribution is -2.35. The summed E-state index contributed by atoms with van der Waals surface area (Å²) in [6.45, 7) is 5.58. The monoisotopic (exact) mass is 428 g/mol. The minimum atomic E-state index is -3.47. The maximum atomic E-state index is 13.0. The number of benzene rings is 2. The first-order valence-electron chi connectivity index (χ1n) is 10.5. The summed E-state index contributed by atoms with van der Waals surface area (Å²) in [5.41, 5.74) is 3.67. The number of aryl methyl sites for hydroxylation is 2. The van der Waals surface area contributed by atoms with E-state index >= 15 is 0 Å². The molecule has 0 bridgehead atoms. The van der Waals surface area contributed by atoms with Gasteiger partial charge in [0.05, 0.1) is 4.90 Å². The fourth-order valence-electron chi connectivity index (χ4n) is 4.29. The van der Waals surface area contributed by atoms with E-state index in [0.29, 0.717) is 31.0 Å². The molecule has 0 N–H and O–H groups in total. The van der Waals surface area contributed by atoms with E-state index in [2.05, 4.69) is 0 Å². The highest BCUT2D eigenvalue weighted by molar-refractivity contribution is 7.89. The Balaban J connectivity index is 1.49. The van der Waals surface area contributed by atoms with E-state index in [4.69, 9.17) is 4.74 Å². The average molecular weight is 429 g/mol. The largest absolute Gasteiger partial charge is 0.483 e. The number of nitrogens with zero attached hydrogens (tertiary/aromatic N) is 2. The Hall–Kier alpha value is -2.38. The molecule has 0 saturated carbocycles. The summed E-state index contributed by atoms with van der Waals surface area (Å²) in [6.07, 6.45) is 3.55. The number of hydrogen-bond donors (Lipinski definition) is 0. The van der Waals surface area contributed by atoms with Gasteiger partial charge < -0.3 is 9.64 Å². The average Bonchev–Trinajstić information content (AvgIpc) is 3.17. The van der Waals surface area contributed by atoms with Crippen molar-refractivity contribution in [2.75, 3.05) is 31.1 Å². The van der Waals surface area contributed by atoms with Gasteiger partial charge in [0.1, 0.15) is 5.75 Å². The van der Waals surface area contributed by atoms with Gasteiger partial charge in [0.15, 0.2) is 6.61 Å². The lowest BCUT2D eigenvalue weighted by Gasteiger charge is -2.26. The van der Waals surface area contributed by atoms with Gasteiger partial charge in [0, 0.05) is 25.3 Å². The summed E-state index contributed by atoms with van der Waals surface area (Å²) >= 11 is 0. The molecule has 6 nitrogen and oxygen atoms in total. The van der Waals surface area contributed by atoms with E-state index < -0.39 is 10.0 Å². The fourth-order valence-corrected chi connectivity index (χ4v) is 5.86. The van der Waals surface area contributed by atoms with Gasteiger partial charge in [-0.05, 0) is 68.0 Å². The number of anilines is 1. The van der Waals surface area contributed by atoms with Crippen molar-refractivity contribution < 1.29 is 17.9 Å². The first kappa shape index (κ1) is 20.9. The molecule has 2 aliphatic rings. The molecule has 0 unspecified atom stereocenters. The molecule has 2 aliphatic heterocycles. The van der Waals surface area contributed by atoms with E-state index in [9.17, 15) is 13.2 Å². The summed E-state index contributed by atoms with van der Waals surface area (Å²) in [4.78, 5) is 14.8. The SMILES string of the molecule is Cc1cccc(C)c1OCC(=O)N1CCc2cc(S(=O)(=O)N3CCCCC3)ccc21. The van der Waals surface area contributed by atoms with Crippen LogP contribution in [-0.4, -0.2) is 44.9 Å². The maximum absolute atomic E-state index is 13.0. The van der Waals surface area contributed by atoms with Crippen LogP contribution >= 0.6 is 0 Å². The zero-order valence-corrected chi connectivity index (χ0v) is 18.4. The number of fused-ring (bicyclic) bond motifs is 1. The number of ether oxygens (including phenoxy) is 1. The molecule has 0 aromatic heterocycles. The van der Waals surface area contributed by atoms with Crippen LogP contribution in [-0.2, 0) is 21.2 Å². The Bertz CT molecular complexity index is 1040. The third-order valence-electron chi connectivity index (χ3n) is 5.95. The highest BCUT2D eigenvalue weighted by atomic mass is 32.2. The third kappa shape index (κ3) is 3.96. The van der Waals surface area contributed by atoms with E-state index in [-0.39, 0.29) is 12.5 Å². The molecule has 0 aliphatic carbocycles. The highest BCUT2D eigenvalue weighted by Gasteiger charge is 2.30. The molecule has 30 heavy (non-hydrogen) atoms. The smallest absolute Gasteiger partial charge is 0.264 e. The minimum absolute atomic E-state index is 0.0427. The molecular weight excluding hydrogens is 400 g/mol. The van der Waals surface area contributed by atoms with Crippen molar-refractivity contribution in [1.82, 2.24) is 4.31 Å². The fraction of sp³-hybridized carbons (Fsp3) is 0.435. The predicted molar refractivity (Wildman–Crippen MR) is 117 cm³/mol. The second-order valence-corrected chi connectivity index (χ2v) is 10.00. The molecule has 0 spiro atoms. The van der Waals surface area contributed by atoms with Crippen LogP contribution in [0, 0.1) is 13.8 Å². The van der Waals surface area contributed by atoms with Crippen LogP contribution in [0.1, 0.15) is 36.0 Å². The molecule has 0 atom stereocenters. The number of sulfonamides is 1. The number of piperidine rings is 1. The van der Waals surface area contributed by atoms with E-state index in [1.807, 2.05) is 32.0 Å². The van der Waals surface area contributed by atoms with Crippen molar-refractivity contribution in [3.63, 3.8) is 0 Å². The van der Waals surface area contributed by atoms with E-state index in [1.165, 1.54) is 0 Å².